The van der Waals surface area contributed by atoms with E-state index in [9.17, 15) is 0 Å². The van der Waals surface area contributed by atoms with Crippen LogP contribution < -0.4 is 5.32 Å². The van der Waals surface area contributed by atoms with Gasteiger partial charge in [0.1, 0.15) is 0 Å². The first-order valence-corrected chi connectivity index (χ1v) is 8.17. The molecular formula is C16H22BrNO. The molecule has 104 valence electrons. The van der Waals surface area contributed by atoms with E-state index in [1.165, 1.54) is 37.7 Å². The molecular weight excluding hydrogens is 302 g/mol. The van der Waals surface area contributed by atoms with Gasteiger partial charge < -0.3 is 10.1 Å². The molecule has 0 bridgehead atoms. The topological polar surface area (TPSA) is 21.3 Å². The Labute approximate surface area is 124 Å². The van der Waals surface area contributed by atoms with E-state index in [1.807, 2.05) is 0 Å². The van der Waals surface area contributed by atoms with Gasteiger partial charge in [-0.25, -0.2) is 0 Å². The van der Waals surface area contributed by atoms with Crippen LogP contribution in [-0.4, -0.2) is 18.2 Å². The van der Waals surface area contributed by atoms with Gasteiger partial charge in [0.2, 0.25) is 0 Å². The maximum atomic E-state index is 6.08. The van der Waals surface area contributed by atoms with Crippen molar-refractivity contribution < 1.29 is 4.74 Å². The van der Waals surface area contributed by atoms with Crippen LogP contribution in [0.25, 0.3) is 0 Å². The summed E-state index contributed by atoms with van der Waals surface area (Å²) in [4.78, 5) is 0. The molecule has 1 N–H and O–H groups in total. The number of hydrogen-bond donors (Lipinski definition) is 1. The zero-order valence-corrected chi connectivity index (χ0v) is 12.9. The van der Waals surface area contributed by atoms with Crippen LogP contribution in [0.5, 0.6) is 0 Å². The molecule has 2 nitrogen and oxygen atoms in total. The minimum atomic E-state index is 0.215. The zero-order chi connectivity index (χ0) is 13.1. The molecule has 1 aromatic carbocycles. The number of benzene rings is 1. The average molecular weight is 324 g/mol. The first-order valence-electron chi connectivity index (χ1n) is 7.38. The molecule has 1 heterocycles. The molecule has 2 fully saturated rings. The van der Waals surface area contributed by atoms with Gasteiger partial charge in [0.15, 0.2) is 0 Å². The van der Waals surface area contributed by atoms with Crippen molar-refractivity contribution >= 4 is 15.9 Å². The van der Waals surface area contributed by atoms with E-state index in [0.29, 0.717) is 6.04 Å². The van der Waals surface area contributed by atoms with E-state index in [4.69, 9.17) is 4.74 Å². The van der Waals surface area contributed by atoms with Crippen LogP contribution >= 0.6 is 15.9 Å². The quantitative estimate of drug-likeness (QED) is 0.906. The predicted molar refractivity (Wildman–Crippen MR) is 81.2 cm³/mol. The van der Waals surface area contributed by atoms with Crippen LogP contribution in [0.2, 0.25) is 0 Å². The summed E-state index contributed by atoms with van der Waals surface area (Å²) < 4.78 is 7.24. The van der Waals surface area contributed by atoms with E-state index in [-0.39, 0.29) is 5.60 Å². The van der Waals surface area contributed by atoms with Crippen molar-refractivity contribution in [3.8, 4) is 0 Å². The Morgan fingerprint density at radius 3 is 2.95 bits per heavy atom. The van der Waals surface area contributed by atoms with Gasteiger partial charge in [-0.05, 0) is 43.4 Å². The highest BCUT2D eigenvalue weighted by molar-refractivity contribution is 9.10. The van der Waals surface area contributed by atoms with Crippen LogP contribution in [-0.2, 0) is 11.3 Å². The minimum absolute atomic E-state index is 0.215. The SMILES string of the molecule is Brc1cccc(CNC2CCOC3(CCCC3)C2)c1. The monoisotopic (exact) mass is 323 g/mol. The minimum Gasteiger partial charge on any atom is -0.375 e. The summed E-state index contributed by atoms with van der Waals surface area (Å²) in [5.74, 6) is 0. The van der Waals surface area contributed by atoms with Gasteiger partial charge in [-0.1, -0.05) is 40.9 Å². The van der Waals surface area contributed by atoms with E-state index in [0.717, 1.165) is 24.0 Å². The lowest BCUT2D eigenvalue weighted by Crippen LogP contribution is -2.45. The maximum Gasteiger partial charge on any atom is 0.0697 e. The van der Waals surface area contributed by atoms with E-state index >= 15 is 0 Å². The largest absolute Gasteiger partial charge is 0.375 e. The summed E-state index contributed by atoms with van der Waals surface area (Å²) in [5, 5.41) is 3.72. The van der Waals surface area contributed by atoms with Crippen LogP contribution in [0.4, 0.5) is 0 Å². The Morgan fingerprint density at radius 2 is 2.16 bits per heavy atom. The molecule has 0 radical (unpaired) electrons. The second kappa shape index (κ2) is 5.94. The van der Waals surface area contributed by atoms with Crippen molar-refractivity contribution in [2.45, 2.75) is 56.7 Å². The van der Waals surface area contributed by atoms with E-state index in [1.54, 1.807) is 0 Å². The lowest BCUT2D eigenvalue weighted by molar-refractivity contribution is -0.0837. The molecule has 1 unspecified atom stereocenters. The Balaban J connectivity index is 1.55. The lowest BCUT2D eigenvalue weighted by Gasteiger charge is -2.38. The summed E-state index contributed by atoms with van der Waals surface area (Å²) in [6.45, 7) is 1.89. The summed E-state index contributed by atoms with van der Waals surface area (Å²) in [6, 6.07) is 9.17. The van der Waals surface area contributed by atoms with Gasteiger partial charge in [-0.3, -0.25) is 0 Å². The van der Waals surface area contributed by atoms with Crippen molar-refractivity contribution in [1.29, 1.82) is 0 Å². The van der Waals surface area contributed by atoms with Gasteiger partial charge in [0.05, 0.1) is 5.60 Å². The molecule has 1 saturated heterocycles. The highest BCUT2D eigenvalue weighted by atomic mass is 79.9. The molecule has 2 aliphatic rings. The molecule has 3 heteroatoms. The Morgan fingerprint density at radius 1 is 1.32 bits per heavy atom. The predicted octanol–water partition coefficient (Wildman–Crippen LogP) is 4.03. The molecule has 3 rings (SSSR count). The van der Waals surface area contributed by atoms with Crippen LogP contribution in [0, 0.1) is 0 Å². The molecule has 1 aliphatic heterocycles. The zero-order valence-electron chi connectivity index (χ0n) is 11.3. The molecule has 0 aromatic heterocycles. The molecule has 1 saturated carbocycles. The normalized spacial score (nSPS) is 25.8. The first-order chi connectivity index (χ1) is 9.26. The Hall–Kier alpha value is -0.380. The first kappa shape index (κ1) is 13.6. The summed E-state index contributed by atoms with van der Waals surface area (Å²) in [6.07, 6.45) is 7.57. The van der Waals surface area contributed by atoms with Crippen molar-refractivity contribution in [3.05, 3.63) is 34.3 Å². The summed E-state index contributed by atoms with van der Waals surface area (Å²) in [7, 11) is 0. The van der Waals surface area contributed by atoms with Crippen molar-refractivity contribution in [3.63, 3.8) is 0 Å². The molecule has 1 atom stereocenters. The van der Waals surface area contributed by atoms with E-state index < -0.39 is 0 Å². The average Bonchev–Trinajstić information content (AvgIpc) is 2.85. The van der Waals surface area contributed by atoms with Gasteiger partial charge in [0, 0.05) is 23.7 Å². The third-order valence-corrected chi connectivity index (χ3v) is 4.98. The van der Waals surface area contributed by atoms with Gasteiger partial charge in [0.25, 0.3) is 0 Å². The molecule has 1 aromatic rings. The van der Waals surface area contributed by atoms with Crippen molar-refractivity contribution in [2.75, 3.05) is 6.61 Å². The van der Waals surface area contributed by atoms with Gasteiger partial charge in [-0.2, -0.15) is 0 Å². The number of rotatable bonds is 3. The van der Waals surface area contributed by atoms with Crippen molar-refractivity contribution in [1.82, 2.24) is 5.32 Å². The fraction of sp³-hybridized carbons (Fsp3) is 0.625. The molecule has 1 aliphatic carbocycles. The highest BCUT2D eigenvalue weighted by Crippen LogP contribution is 2.39. The third-order valence-electron chi connectivity index (χ3n) is 4.49. The summed E-state index contributed by atoms with van der Waals surface area (Å²) >= 11 is 3.53. The third kappa shape index (κ3) is 3.39. The van der Waals surface area contributed by atoms with Crippen LogP contribution in [0.15, 0.2) is 28.7 Å². The van der Waals surface area contributed by atoms with Gasteiger partial charge in [-0.15, -0.1) is 0 Å². The van der Waals surface area contributed by atoms with E-state index in [2.05, 4.69) is 45.5 Å². The number of halogens is 1. The number of nitrogens with one attached hydrogen (secondary N) is 1. The second-order valence-corrected chi connectivity index (χ2v) is 6.85. The number of hydrogen-bond acceptors (Lipinski definition) is 2. The smallest absolute Gasteiger partial charge is 0.0697 e. The lowest BCUT2D eigenvalue weighted by atomic mass is 9.89. The standard InChI is InChI=1S/C16H22BrNO/c17-14-5-3-4-13(10-14)12-18-15-6-9-19-16(11-15)7-1-2-8-16/h3-5,10,15,18H,1-2,6-9,11-12H2. The molecule has 0 amide bonds. The molecule has 19 heavy (non-hydrogen) atoms. The number of ether oxygens (including phenoxy) is 1. The second-order valence-electron chi connectivity index (χ2n) is 5.94. The summed E-state index contributed by atoms with van der Waals surface area (Å²) in [5.41, 5.74) is 1.56. The van der Waals surface area contributed by atoms with Crippen LogP contribution in [0.1, 0.15) is 44.1 Å². The fourth-order valence-corrected chi connectivity index (χ4v) is 3.93. The maximum absolute atomic E-state index is 6.08. The fourth-order valence-electron chi connectivity index (χ4n) is 3.48. The van der Waals surface area contributed by atoms with Crippen LogP contribution in [0.3, 0.4) is 0 Å². The molecule has 1 spiro atoms. The Kier molecular flexibility index (Phi) is 4.25. The van der Waals surface area contributed by atoms with Gasteiger partial charge >= 0.3 is 0 Å². The van der Waals surface area contributed by atoms with Crippen molar-refractivity contribution in [2.24, 2.45) is 0 Å². The highest BCUT2D eigenvalue weighted by Gasteiger charge is 2.39. The Bertz CT molecular complexity index is 429.